The van der Waals surface area contributed by atoms with Gasteiger partial charge in [0.2, 0.25) is 5.91 Å². The molecule has 2 saturated heterocycles. The first kappa shape index (κ1) is 21.1. The van der Waals surface area contributed by atoms with E-state index in [4.69, 9.17) is 0 Å². The summed E-state index contributed by atoms with van der Waals surface area (Å²) in [4.78, 5) is 60.2. The van der Waals surface area contributed by atoms with Crippen molar-refractivity contribution in [3.8, 4) is 0 Å². The van der Waals surface area contributed by atoms with Crippen LogP contribution in [0, 0.1) is 0 Å². The van der Waals surface area contributed by atoms with Crippen LogP contribution < -0.4 is 10.9 Å². The number of nitrogens with zero attached hydrogens (tertiary/aromatic N) is 5. The molecule has 11 heteroatoms. The molecular weight excluding hydrogens is 432 g/mol. The SMILES string of the molecule is O=C(CCN1C(=O)NC2(CCCC2)C1=O)N1CCN(Cc2cc(=O)n3ccsc3n2)CC1. The Balaban J connectivity index is 1.12. The van der Waals surface area contributed by atoms with Crippen molar-refractivity contribution in [1.29, 1.82) is 0 Å². The summed E-state index contributed by atoms with van der Waals surface area (Å²) in [5, 5.41) is 4.69. The second kappa shape index (κ2) is 8.28. The molecule has 0 atom stereocenters. The van der Waals surface area contributed by atoms with E-state index >= 15 is 0 Å². The van der Waals surface area contributed by atoms with Gasteiger partial charge in [0, 0.05) is 63.3 Å². The zero-order valence-corrected chi connectivity index (χ0v) is 18.6. The minimum atomic E-state index is -0.728. The Morgan fingerprint density at radius 2 is 1.88 bits per heavy atom. The maximum absolute atomic E-state index is 12.7. The predicted molar refractivity (Wildman–Crippen MR) is 117 cm³/mol. The van der Waals surface area contributed by atoms with Gasteiger partial charge in [-0.05, 0) is 12.8 Å². The fraction of sp³-hybridized carbons (Fsp3) is 0.571. The van der Waals surface area contributed by atoms with Crippen molar-refractivity contribution in [2.75, 3.05) is 32.7 Å². The Labute approximate surface area is 188 Å². The number of hydrogen-bond donors (Lipinski definition) is 1. The Morgan fingerprint density at radius 1 is 1.12 bits per heavy atom. The molecule has 4 heterocycles. The highest BCUT2D eigenvalue weighted by atomic mass is 32.1. The first-order chi connectivity index (χ1) is 15.4. The van der Waals surface area contributed by atoms with E-state index in [2.05, 4.69) is 15.2 Å². The van der Waals surface area contributed by atoms with E-state index in [0.29, 0.717) is 50.5 Å². The van der Waals surface area contributed by atoms with Crippen molar-refractivity contribution in [1.82, 2.24) is 29.4 Å². The zero-order valence-electron chi connectivity index (χ0n) is 17.8. The molecule has 0 unspecified atom stereocenters. The lowest BCUT2D eigenvalue weighted by atomic mass is 9.98. The van der Waals surface area contributed by atoms with Crippen LogP contribution in [0.2, 0.25) is 0 Å². The molecule has 0 bridgehead atoms. The van der Waals surface area contributed by atoms with Gasteiger partial charge >= 0.3 is 6.03 Å². The summed E-state index contributed by atoms with van der Waals surface area (Å²) in [6.45, 7) is 3.20. The molecule has 1 spiro atoms. The number of aromatic nitrogens is 2. The third kappa shape index (κ3) is 3.79. The number of carbonyl (C=O) groups excluding carboxylic acids is 3. The molecule has 10 nitrogen and oxygen atoms in total. The van der Waals surface area contributed by atoms with Crippen molar-refractivity contribution in [2.45, 2.75) is 44.2 Å². The summed E-state index contributed by atoms with van der Waals surface area (Å²) in [5.74, 6) is -0.224. The minimum absolute atomic E-state index is 0.0472. The molecule has 32 heavy (non-hydrogen) atoms. The van der Waals surface area contributed by atoms with Gasteiger partial charge in [0.05, 0.1) is 5.69 Å². The normalized spacial score (nSPS) is 21.1. The van der Waals surface area contributed by atoms with Gasteiger partial charge in [-0.25, -0.2) is 9.78 Å². The summed E-state index contributed by atoms with van der Waals surface area (Å²) in [6, 6.07) is 1.19. The number of nitrogens with one attached hydrogen (secondary N) is 1. The van der Waals surface area contributed by atoms with Gasteiger partial charge in [0.1, 0.15) is 5.54 Å². The molecule has 2 aromatic rings. The number of fused-ring (bicyclic) bond motifs is 1. The van der Waals surface area contributed by atoms with Crippen LogP contribution in [0.25, 0.3) is 4.96 Å². The lowest BCUT2D eigenvalue weighted by Gasteiger charge is -2.34. The highest BCUT2D eigenvalue weighted by Crippen LogP contribution is 2.35. The summed E-state index contributed by atoms with van der Waals surface area (Å²) in [6.07, 6.45) is 5.11. The smallest absolute Gasteiger partial charge is 0.325 e. The Bertz CT molecular complexity index is 1110. The van der Waals surface area contributed by atoms with Crippen LogP contribution in [0.1, 0.15) is 37.8 Å². The summed E-state index contributed by atoms with van der Waals surface area (Å²) >= 11 is 1.43. The van der Waals surface area contributed by atoms with Crippen LogP contribution in [0.15, 0.2) is 22.4 Å². The number of amides is 4. The molecule has 2 aromatic heterocycles. The maximum atomic E-state index is 12.7. The van der Waals surface area contributed by atoms with Gasteiger partial charge in [-0.2, -0.15) is 0 Å². The quantitative estimate of drug-likeness (QED) is 0.660. The number of hydrogen-bond acceptors (Lipinski definition) is 7. The number of carbonyl (C=O) groups is 3. The van der Waals surface area contributed by atoms with Gasteiger partial charge in [-0.3, -0.25) is 28.6 Å². The molecule has 2 aliphatic heterocycles. The molecule has 5 rings (SSSR count). The molecule has 0 aromatic carbocycles. The fourth-order valence-electron chi connectivity index (χ4n) is 4.92. The average Bonchev–Trinajstić information content (AvgIpc) is 3.49. The molecule has 3 aliphatic rings. The van der Waals surface area contributed by atoms with E-state index in [0.717, 1.165) is 18.5 Å². The van der Waals surface area contributed by atoms with Crippen LogP contribution in [0.4, 0.5) is 4.79 Å². The third-order valence-corrected chi connectivity index (χ3v) is 7.48. The highest BCUT2D eigenvalue weighted by Gasteiger charge is 2.52. The van der Waals surface area contributed by atoms with Crippen LogP contribution in [0.5, 0.6) is 0 Å². The molecule has 0 radical (unpaired) electrons. The predicted octanol–water partition coefficient (Wildman–Crippen LogP) is 0.655. The number of rotatable bonds is 5. The fourth-order valence-corrected chi connectivity index (χ4v) is 5.65. The second-order valence-electron chi connectivity index (χ2n) is 8.72. The molecular formula is C21H26N6O4S. The number of thiazole rings is 1. The van der Waals surface area contributed by atoms with E-state index in [-0.39, 0.29) is 36.4 Å². The highest BCUT2D eigenvalue weighted by molar-refractivity contribution is 7.15. The molecule has 3 fully saturated rings. The topological polar surface area (TPSA) is 107 Å². The Morgan fingerprint density at radius 3 is 2.62 bits per heavy atom. The molecule has 1 aliphatic carbocycles. The van der Waals surface area contributed by atoms with Crippen LogP contribution >= 0.6 is 11.3 Å². The van der Waals surface area contributed by atoms with Crippen molar-refractivity contribution in [3.63, 3.8) is 0 Å². The molecule has 1 N–H and O–H groups in total. The molecule has 4 amide bonds. The largest absolute Gasteiger partial charge is 0.340 e. The first-order valence-electron chi connectivity index (χ1n) is 11.1. The number of piperazine rings is 1. The van der Waals surface area contributed by atoms with Crippen LogP contribution in [-0.4, -0.2) is 80.2 Å². The van der Waals surface area contributed by atoms with E-state index < -0.39 is 5.54 Å². The van der Waals surface area contributed by atoms with E-state index in [9.17, 15) is 19.2 Å². The van der Waals surface area contributed by atoms with E-state index in [1.54, 1.807) is 17.2 Å². The van der Waals surface area contributed by atoms with Gasteiger partial charge in [-0.1, -0.05) is 12.8 Å². The average molecular weight is 459 g/mol. The summed E-state index contributed by atoms with van der Waals surface area (Å²) in [7, 11) is 0. The van der Waals surface area contributed by atoms with Gasteiger partial charge in [0.25, 0.3) is 11.5 Å². The van der Waals surface area contributed by atoms with Gasteiger partial charge in [-0.15, -0.1) is 11.3 Å². The maximum Gasteiger partial charge on any atom is 0.325 e. The number of urea groups is 1. The lowest BCUT2D eigenvalue weighted by Crippen LogP contribution is -2.49. The standard InChI is InChI=1S/C21H26N6O4S/c28-16(3-6-27-18(30)21(23-19(27)31)4-1-2-5-21)25-9-7-24(8-10-25)14-15-13-17(29)26-11-12-32-20(26)22-15/h11-13H,1-10,14H2,(H,23,31). The summed E-state index contributed by atoms with van der Waals surface area (Å²) in [5.41, 5.74) is -0.0782. The minimum Gasteiger partial charge on any atom is -0.340 e. The van der Waals surface area contributed by atoms with Crippen molar-refractivity contribution >= 4 is 34.1 Å². The third-order valence-electron chi connectivity index (χ3n) is 6.72. The number of imide groups is 1. The Hall–Kier alpha value is -2.79. The van der Waals surface area contributed by atoms with Crippen LogP contribution in [-0.2, 0) is 16.1 Å². The molecule has 1 saturated carbocycles. The van der Waals surface area contributed by atoms with Crippen molar-refractivity contribution in [3.05, 3.63) is 33.7 Å². The van der Waals surface area contributed by atoms with E-state index in [1.165, 1.54) is 20.6 Å². The van der Waals surface area contributed by atoms with Crippen molar-refractivity contribution in [2.24, 2.45) is 0 Å². The zero-order chi connectivity index (χ0) is 22.3. The van der Waals surface area contributed by atoms with E-state index in [1.807, 2.05) is 5.38 Å². The summed E-state index contributed by atoms with van der Waals surface area (Å²) < 4.78 is 1.53. The monoisotopic (exact) mass is 458 g/mol. The second-order valence-corrected chi connectivity index (χ2v) is 9.60. The van der Waals surface area contributed by atoms with Crippen LogP contribution in [0.3, 0.4) is 0 Å². The molecule has 170 valence electrons. The first-order valence-corrected chi connectivity index (χ1v) is 11.9. The Kier molecular flexibility index (Phi) is 5.46. The lowest BCUT2D eigenvalue weighted by molar-refractivity contribution is -0.134. The van der Waals surface area contributed by atoms with Crippen molar-refractivity contribution < 1.29 is 14.4 Å². The van der Waals surface area contributed by atoms with Gasteiger partial charge < -0.3 is 10.2 Å². The van der Waals surface area contributed by atoms with Gasteiger partial charge in [0.15, 0.2) is 4.96 Å².